The van der Waals surface area contributed by atoms with Gasteiger partial charge in [0, 0.05) is 19.3 Å². The van der Waals surface area contributed by atoms with Gasteiger partial charge in [-0.2, -0.15) is 5.10 Å². The summed E-state index contributed by atoms with van der Waals surface area (Å²) in [6.45, 7) is 1.09. The Morgan fingerprint density at radius 2 is 2.40 bits per heavy atom. The van der Waals surface area contributed by atoms with Gasteiger partial charge in [0.2, 0.25) is 0 Å². The van der Waals surface area contributed by atoms with Gasteiger partial charge in [0.1, 0.15) is 0 Å². The maximum atomic E-state index is 11.6. The first-order valence-corrected chi connectivity index (χ1v) is 6.51. The molecule has 2 N–H and O–H groups in total. The molecule has 0 saturated carbocycles. The van der Waals surface area contributed by atoms with E-state index >= 15 is 0 Å². The van der Waals surface area contributed by atoms with Crippen molar-refractivity contribution in [2.24, 2.45) is 0 Å². The summed E-state index contributed by atoms with van der Waals surface area (Å²) < 4.78 is 2.64. The molecule has 2 aromatic heterocycles. The molecule has 2 aromatic rings. The molecule has 0 fully saturated rings. The molecule has 0 aliphatic carbocycles. The van der Waals surface area contributed by atoms with E-state index in [0.717, 1.165) is 10.5 Å². The van der Waals surface area contributed by atoms with Gasteiger partial charge in [-0.25, -0.2) is 0 Å². The zero-order valence-electron chi connectivity index (χ0n) is 10.2. The summed E-state index contributed by atoms with van der Waals surface area (Å²) in [5.74, 6) is -0.757. The van der Waals surface area contributed by atoms with Gasteiger partial charge >= 0.3 is 5.82 Å². The third kappa shape index (κ3) is 3.63. The van der Waals surface area contributed by atoms with Gasteiger partial charge in [-0.15, -0.1) is 5.10 Å². The van der Waals surface area contributed by atoms with Gasteiger partial charge in [-0.3, -0.25) is 9.48 Å². The lowest BCUT2D eigenvalue weighted by Crippen LogP contribution is -2.25. The van der Waals surface area contributed by atoms with Crippen molar-refractivity contribution in [3.63, 3.8) is 0 Å². The van der Waals surface area contributed by atoms with Crippen LogP contribution in [0.25, 0.3) is 0 Å². The van der Waals surface area contributed by atoms with E-state index in [4.69, 9.17) is 0 Å². The van der Waals surface area contributed by atoms with Crippen LogP contribution in [0.2, 0.25) is 0 Å². The smallest absolute Gasteiger partial charge is 0.343 e. The topological polar surface area (TPSA) is 119 Å². The lowest BCUT2D eigenvalue weighted by Gasteiger charge is -2.02. The highest BCUT2D eigenvalue weighted by Gasteiger charge is 2.15. The fraction of sp³-hybridized carbons (Fsp3) is 0.300. The molecule has 0 saturated heterocycles. The predicted molar refractivity (Wildman–Crippen MR) is 72.1 cm³/mol. The van der Waals surface area contributed by atoms with E-state index in [-0.39, 0.29) is 11.5 Å². The van der Waals surface area contributed by atoms with E-state index < -0.39 is 10.8 Å². The number of amides is 1. The zero-order chi connectivity index (χ0) is 14.5. The standard InChI is InChI=1S/C10H11BrN6O3/c11-7-5-13-16(6-7)3-1-2-12-10(18)8-4-9(15-14-8)17(19)20/h4-6H,1-3H2,(H,12,18)(H,14,15). The maximum Gasteiger partial charge on any atom is 0.343 e. The highest BCUT2D eigenvalue weighted by Crippen LogP contribution is 2.08. The van der Waals surface area contributed by atoms with E-state index in [1.165, 1.54) is 0 Å². The molecule has 0 unspecified atom stereocenters. The molecule has 9 nitrogen and oxygen atoms in total. The van der Waals surface area contributed by atoms with Crippen molar-refractivity contribution in [1.82, 2.24) is 25.3 Å². The number of carbonyl (C=O) groups excluding carboxylic acids is 1. The molecule has 2 rings (SSSR count). The Balaban J connectivity index is 1.75. The summed E-state index contributed by atoms with van der Waals surface area (Å²) in [5.41, 5.74) is -0.00136. The quantitative estimate of drug-likeness (QED) is 0.462. The molecule has 0 radical (unpaired) electrons. The van der Waals surface area contributed by atoms with Crippen LogP contribution in [0.1, 0.15) is 16.9 Å². The molecular formula is C10H11BrN6O3. The van der Waals surface area contributed by atoms with Crippen molar-refractivity contribution in [2.75, 3.05) is 6.54 Å². The maximum absolute atomic E-state index is 11.6. The number of nitro groups is 1. The van der Waals surface area contributed by atoms with E-state index in [1.807, 2.05) is 6.20 Å². The summed E-state index contributed by atoms with van der Waals surface area (Å²) in [7, 11) is 0. The average Bonchev–Trinajstić information content (AvgIpc) is 3.03. The van der Waals surface area contributed by atoms with Crippen LogP contribution in [0.3, 0.4) is 0 Å². The molecule has 2 heterocycles. The average molecular weight is 343 g/mol. The Hall–Kier alpha value is -2.23. The Morgan fingerprint density at radius 1 is 1.60 bits per heavy atom. The highest BCUT2D eigenvalue weighted by atomic mass is 79.9. The molecule has 1 amide bonds. The molecule has 0 atom stereocenters. The molecule has 106 valence electrons. The fourth-order valence-electron chi connectivity index (χ4n) is 1.52. The van der Waals surface area contributed by atoms with Crippen molar-refractivity contribution in [1.29, 1.82) is 0 Å². The fourth-order valence-corrected chi connectivity index (χ4v) is 1.84. The molecule has 0 bridgehead atoms. The number of aromatic nitrogens is 4. The SMILES string of the molecule is O=C(NCCCn1cc(Br)cn1)c1cc([N+](=O)[O-])[nH]n1. The molecule has 0 aliphatic rings. The van der Waals surface area contributed by atoms with E-state index in [1.54, 1.807) is 10.9 Å². The molecule has 10 heteroatoms. The largest absolute Gasteiger partial charge is 0.358 e. The van der Waals surface area contributed by atoms with Gasteiger partial charge in [-0.1, -0.05) is 5.10 Å². The molecule has 0 spiro atoms. The summed E-state index contributed by atoms with van der Waals surface area (Å²) in [6, 6.07) is 1.10. The van der Waals surface area contributed by atoms with Crippen molar-refractivity contribution in [3.05, 3.63) is 38.7 Å². The van der Waals surface area contributed by atoms with Crippen molar-refractivity contribution >= 4 is 27.7 Å². The van der Waals surface area contributed by atoms with Gasteiger partial charge in [0.15, 0.2) is 5.69 Å². The molecule has 0 aliphatic heterocycles. The number of nitrogens with zero attached hydrogens (tertiary/aromatic N) is 4. The second-order valence-corrected chi connectivity index (χ2v) is 4.84. The number of aromatic amines is 1. The highest BCUT2D eigenvalue weighted by molar-refractivity contribution is 9.10. The van der Waals surface area contributed by atoms with Crippen molar-refractivity contribution in [3.8, 4) is 0 Å². The van der Waals surface area contributed by atoms with Gasteiger partial charge in [0.25, 0.3) is 5.91 Å². The summed E-state index contributed by atoms with van der Waals surface area (Å²) in [5, 5.41) is 22.9. The molecular weight excluding hydrogens is 332 g/mol. The normalized spacial score (nSPS) is 10.4. The van der Waals surface area contributed by atoms with Crippen LogP contribution < -0.4 is 5.32 Å². The third-order valence-electron chi connectivity index (χ3n) is 2.44. The number of H-pyrrole nitrogens is 1. The van der Waals surface area contributed by atoms with Gasteiger partial charge in [0.05, 0.1) is 16.7 Å². The zero-order valence-corrected chi connectivity index (χ0v) is 11.8. The first kappa shape index (κ1) is 14.2. The van der Waals surface area contributed by atoms with Crippen LogP contribution in [-0.2, 0) is 6.54 Å². The number of rotatable bonds is 6. The number of hydrogen-bond donors (Lipinski definition) is 2. The lowest BCUT2D eigenvalue weighted by molar-refractivity contribution is -0.389. The summed E-state index contributed by atoms with van der Waals surface area (Å²) in [6.07, 6.45) is 4.20. The second kappa shape index (κ2) is 6.28. The van der Waals surface area contributed by atoms with Crippen LogP contribution in [0.5, 0.6) is 0 Å². The lowest BCUT2D eigenvalue weighted by atomic mass is 10.3. The Bertz CT molecular complexity index is 622. The Morgan fingerprint density at radius 3 is 3.00 bits per heavy atom. The van der Waals surface area contributed by atoms with E-state index in [0.29, 0.717) is 19.5 Å². The first-order chi connectivity index (χ1) is 9.56. The van der Waals surface area contributed by atoms with Crippen molar-refractivity contribution < 1.29 is 9.72 Å². The van der Waals surface area contributed by atoms with Crippen LogP contribution in [-0.4, -0.2) is 37.4 Å². The Kier molecular flexibility index (Phi) is 4.45. The van der Waals surface area contributed by atoms with Crippen LogP contribution in [0.4, 0.5) is 5.82 Å². The number of nitrogens with one attached hydrogen (secondary N) is 2. The van der Waals surface area contributed by atoms with Crippen LogP contribution in [0.15, 0.2) is 22.9 Å². The number of aryl methyl sites for hydroxylation is 1. The Labute approximate surface area is 121 Å². The van der Waals surface area contributed by atoms with Gasteiger partial charge in [-0.05, 0) is 27.3 Å². The monoisotopic (exact) mass is 342 g/mol. The minimum atomic E-state index is -0.640. The van der Waals surface area contributed by atoms with E-state index in [2.05, 4.69) is 36.5 Å². The minimum absolute atomic E-state index is 0.00136. The second-order valence-electron chi connectivity index (χ2n) is 3.93. The number of carbonyl (C=O) groups is 1. The number of hydrogen-bond acceptors (Lipinski definition) is 5. The predicted octanol–water partition coefficient (Wildman–Crippen LogP) is 1.10. The molecule has 20 heavy (non-hydrogen) atoms. The summed E-state index contributed by atoms with van der Waals surface area (Å²) in [4.78, 5) is 21.5. The van der Waals surface area contributed by atoms with Crippen molar-refractivity contribution in [2.45, 2.75) is 13.0 Å². The van der Waals surface area contributed by atoms with Crippen LogP contribution in [0, 0.1) is 10.1 Å². The van der Waals surface area contributed by atoms with E-state index in [9.17, 15) is 14.9 Å². The van der Waals surface area contributed by atoms with Crippen LogP contribution >= 0.6 is 15.9 Å². The first-order valence-electron chi connectivity index (χ1n) is 5.72. The third-order valence-corrected chi connectivity index (χ3v) is 2.85. The summed E-state index contributed by atoms with van der Waals surface area (Å²) >= 11 is 3.29. The van der Waals surface area contributed by atoms with Gasteiger partial charge < -0.3 is 15.4 Å². The minimum Gasteiger partial charge on any atom is -0.358 e. The number of halogens is 1. The molecule has 0 aromatic carbocycles.